The molecule has 4 heteroatoms. The maximum absolute atomic E-state index is 12.7. The first kappa shape index (κ1) is 14.8. The minimum atomic E-state index is -0.529. The fraction of sp³-hybridized carbons (Fsp3) is 0.444. The van der Waals surface area contributed by atoms with E-state index in [1.807, 2.05) is 25.1 Å². The fourth-order valence-electron chi connectivity index (χ4n) is 3.72. The first-order chi connectivity index (χ1) is 10.4. The van der Waals surface area contributed by atoms with Crippen LogP contribution in [0, 0.1) is 5.92 Å². The summed E-state index contributed by atoms with van der Waals surface area (Å²) in [5, 5.41) is 0. The van der Waals surface area contributed by atoms with Crippen molar-refractivity contribution < 1.29 is 14.3 Å². The molecule has 1 aromatic carbocycles. The molecule has 0 aromatic heterocycles. The number of fused-ring (bicyclic) bond motifs is 3. The smallest absolute Gasteiger partial charge is 0.417 e. The summed E-state index contributed by atoms with van der Waals surface area (Å²) in [6.07, 6.45) is 1.36. The summed E-state index contributed by atoms with van der Waals surface area (Å²) in [6, 6.07) is 7.68. The standard InChI is InChI=1S/C18H21NO3/c1-5-8-11(2)16(20)19-15-14(22-17(19)21)12-9-6-7-10-13(12)18(15,3)4/h5-7,9-11,14-15H,1,8H2,2-4H3/t11-,14+,15+/m1/s1. The summed E-state index contributed by atoms with van der Waals surface area (Å²) in [6.45, 7) is 9.62. The molecule has 1 aliphatic heterocycles. The van der Waals surface area contributed by atoms with Gasteiger partial charge in [0.25, 0.3) is 0 Å². The summed E-state index contributed by atoms with van der Waals surface area (Å²) in [5.74, 6) is -0.457. The molecule has 1 fully saturated rings. The van der Waals surface area contributed by atoms with Crippen molar-refractivity contribution in [1.82, 2.24) is 4.90 Å². The van der Waals surface area contributed by atoms with Crippen LogP contribution >= 0.6 is 0 Å². The predicted octanol–water partition coefficient (Wildman–Crippen LogP) is 3.58. The number of allylic oxidation sites excluding steroid dienone is 1. The molecule has 3 atom stereocenters. The zero-order valence-electron chi connectivity index (χ0n) is 13.2. The number of hydrogen-bond acceptors (Lipinski definition) is 3. The van der Waals surface area contributed by atoms with E-state index < -0.39 is 6.09 Å². The normalized spacial score (nSPS) is 26.1. The maximum Gasteiger partial charge on any atom is 0.417 e. The van der Waals surface area contributed by atoms with Crippen molar-refractivity contribution in [3.05, 3.63) is 48.0 Å². The van der Waals surface area contributed by atoms with Crippen molar-refractivity contribution in [3.8, 4) is 0 Å². The molecule has 0 spiro atoms. The molecule has 1 saturated heterocycles. The number of benzene rings is 1. The van der Waals surface area contributed by atoms with E-state index in [0.717, 1.165) is 11.1 Å². The van der Waals surface area contributed by atoms with Crippen molar-refractivity contribution in [2.24, 2.45) is 5.92 Å². The number of rotatable bonds is 3. The van der Waals surface area contributed by atoms with E-state index in [-0.39, 0.29) is 29.4 Å². The molecule has 1 aliphatic carbocycles. The van der Waals surface area contributed by atoms with E-state index in [4.69, 9.17) is 4.74 Å². The first-order valence-electron chi connectivity index (χ1n) is 7.63. The van der Waals surface area contributed by atoms with E-state index in [1.165, 1.54) is 4.90 Å². The zero-order valence-corrected chi connectivity index (χ0v) is 13.2. The van der Waals surface area contributed by atoms with Crippen LogP contribution in [0.1, 0.15) is 44.4 Å². The lowest BCUT2D eigenvalue weighted by Gasteiger charge is -2.32. The van der Waals surface area contributed by atoms with Gasteiger partial charge in [-0.3, -0.25) is 4.79 Å². The molecule has 22 heavy (non-hydrogen) atoms. The van der Waals surface area contributed by atoms with Gasteiger partial charge in [-0.25, -0.2) is 9.69 Å². The molecule has 4 nitrogen and oxygen atoms in total. The second kappa shape index (κ2) is 4.97. The number of nitrogens with zero attached hydrogens (tertiary/aromatic N) is 1. The molecule has 116 valence electrons. The largest absolute Gasteiger partial charge is 0.439 e. The first-order valence-corrected chi connectivity index (χ1v) is 7.63. The van der Waals surface area contributed by atoms with Gasteiger partial charge >= 0.3 is 6.09 Å². The molecule has 2 amide bonds. The third-order valence-corrected chi connectivity index (χ3v) is 4.87. The van der Waals surface area contributed by atoms with Gasteiger partial charge in [-0.05, 0) is 17.5 Å². The Kier molecular flexibility index (Phi) is 3.35. The SMILES string of the molecule is C=CC[C@@H](C)C(=O)N1C(=O)O[C@H]2c3ccccc3C(C)(C)[C@H]21. The summed E-state index contributed by atoms with van der Waals surface area (Å²) in [5.41, 5.74) is 1.83. The second-order valence-corrected chi connectivity index (χ2v) is 6.69. The molecule has 2 aliphatic rings. The van der Waals surface area contributed by atoms with Crippen LogP contribution in [0.2, 0.25) is 0 Å². The van der Waals surface area contributed by atoms with E-state index in [9.17, 15) is 9.59 Å². The minimum Gasteiger partial charge on any atom is -0.439 e. The quantitative estimate of drug-likeness (QED) is 0.801. The summed E-state index contributed by atoms with van der Waals surface area (Å²) >= 11 is 0. The van der Waals surface area contributed by atoms with Crippen LogP contribution < -0.4 is 0 Å². The number of carbonyl (C=O) groups is 2. The molecule has 0 unspecified atom stereocenters. The summed E-state index contributed by atoms with van der Waals surface area (Å²) in [7, 11) is 0. The summed E-state index contributed by atoms with van der Waals surface area (Å²) < 4.78 is 5.55. The van der Waals surface area contributed by atoms with Gasteiger partial charge in [-0.1, -0.05) is 51.1 Å². The highest BCUT2D eigenvalue weighted by molar-refractivity contribution is 5.95. The fourth-order valence-corrected chi connectivity index (χ4v) is 3.72. The summed E-state index contributed by atoms with van der Waals surface area (Å²) in [4.78, 5) is 26.3. The number of carbonyl (C=O) groups excluding carboxylic acids is 2. The van der Waals surface area contributed by atoms with Crippen molar-refractivity contribution in [2.75, 3.05) is 0 Å². The van der Waals surface area contributed by atoms with E-state index in [2.05, 4.69) is 26.5 Å². The monoisotopic (exact) mass is 299 g/mol. The van der Waals surface area contributed by atoms with Crippen LogP contribution in [0.4, 0.5) is 4.79 Å². The van der Waals surface area contributed by atoms with E-state index in [1.54, 1.807) is 6.08 Å². The Labute approximate surface area is 130 Å². The topological polar surface area (TPSA) is 46.6 Å². The highest BCUT2D eigenvalue weighted by Crippen LogP contribution is 2.52. The lowest BCUT2D eigenvalue weighted by atomic mass is 9.82. The third-order valence-electron chi connectivity index (χ3n) is 4.87. The Morgan fingerprint density at radius 3 is 2.82 bits per heavy atom. The molecule has 0 saturated carbocycles. The molecule has 1 aromatic rings. The van der Waals surface area contributed by atoms with Gasteiger partial charge < -0.3 is 4.74 Å². The van der Waals surface area contributed by atoms with Gasteiger partial charge in [0.15, 0.2) is 6.10 Å². The van der Waals surface area contributed by atoms with Crippen LogP contribution in [0.25, 0.3) is 0 Å². The van der Waals surface area contributed by atoms with Crippen molar-refractivity contribution in [3.63, 3.8) is 0 Å². The maximum atomic E-state index is 12.7. The Morgan fingerprint density at radius 1 is 1.45 bits per heavy atom. The average molecular weight is 299 g/mol. The van der Waals surface area contributed by atoms with Crippen molar-refractivity contribution in [2.45, 2.75) is 44.8 Å². The number of ether oxygens (including phenoxy) is 1. The van der Waals surface area contributed by atoms with Crippen LogP contribution in [0.5, 0.6) is 0 Å². The third kappa shape index (κ3) is 1.90. The number of imide groups is 1. The molecule has 0 N–H and O–H groups in total. The molecule has 1 heterocycles. The Morgan fingerprint density at radius 2 is 2.14 bits per heavy atom. The van der Waals surface area contributed by atoms with Crippen LogP contribution in [0.3, 0.4) is 0 Å². The second-order valence-electron chi connectivity index (χ2n) is 6.69. The number of amides is 2. The van der Waals surface area contributed by atoms with Crippen LogP contribution in [-0.4, -0.2) is 22.9 Å². The molecule has 3 rings (SSSR count). The lowest BCUT2D eigenvalue weighted by Crippen LogP contribution is -2.48. The van der Waals surface area contributed by atoms with Gasteiger partial charge in [0.05, 0.1) is 6.04 Å². The zero-order chi connectivity index (χ0) is 16.1. The predicted molar refractivity (Wildman–Crippen MR) is 83.3 cm³/mol. The van der Waals surface area contributed by atoms with Gasteiger partial charge in [-0.2, -0.15) is 0 Å². The molecule has 0 radical (unpaired) electrons. The van der Waals surface area contributed by atoms with Gasteiger partial charge in [0, 0.05) is 11.3 Å². The van der Waals surface area contributed by atoms with Crippen LogP contribution in [0.15, 0.2) is 36.9 Å². The van der Waals surface area contributed by atoms with Gasteiger partial charge in [0.1, 0.15) is 0 Å². The highest BCUT2D eigenvalue weighted by atomic mass is 16.6. The lowest BCUT2D eigenvalue weighted by molar-refractivity contribution is -0.133. The molecular formula is C18H21NO3. The van der Waals surface area contributed by atoms with Gasteiger partial charge in [-0.15, -0.1) is 6.58 Å². The Hall–Kier alpha value is -2.10. The Balaban J connectivity index is 2.01. The molecular weight excluding hydrogens is 278 g/mol. The van der Waals surface area contributed by atoms with Crippen molar-refractivity contribution >= 4 is 12.0 Å². The molecule has 0 bridgehead atoms. The average Bonchev–Trinajstić information content (AvgIpc) is 2.93. The van der Waals surface area contributed by atoms with E-state index >= 15 is 0 Å². The van der Waals surface area contributed by atoms with E-state index in [0.29, 0.717) is 6.42 Å². The Bertz CT molecular complexity index is 649. The van der Waals surface area contributed by atoms with Crippen LogP contribution in [-0.2, 0) is 14.9 Å². The minimum absolute atomic E-state index is 0.182. The van der Waals surface area contributed by atoms with Gasteiger partial charge in [0.2, 0.25) is 5.91 Å². The number of hydrogen-bond donors (Lipinski definition) is 0. The highest BCUT2D eigenvalue weighted by Gasteiger charge is 2.59. The van der Waals surface area contributed by atoms with Crippen molar-refractivity contribution in [1.29, 1.82) is 0 Å².